The Morgan fingerprint density at radius 2 is 1.91 bits per heavy atom. The van der Waals surface area contributed by atoms with Crippen molar-refractivity contribution in [3.05, 3.63) is 50.1 Å². The van der Waals surface area contributed by atoms with E-state index < -0.39 is 0 Å². The van der Waals surface area contributed by atoms with Crippen molar-refractivity contribution >= 4 is 33.2 Å². The summed E-state index contributed by atoms with van der Waals surface area (Å²) in [4.78, 5) is 19.4. The fraction of sp³-hybridized carbons (Fsp3) is 0.250. The largest absolute Gasteiger partial charge is 0.334 e. The lowest BCUT2D eigenvalue weighted by Crippen LogP contribution is -2.30. The van der Waals surface area contributed by atoms with Crippen LogP contribution in [0.25, 0.3) is 21.6 Å². The third-order valence-electron chi connectivity index (χ3n) is 4.12. The van der Waals surface area contributed by atoms with E-state index in [-0.39, 0.29) is 5.56 Å². The summed E-state index contributed by atoms with van der Waals surface area (Å²) in [7, 11) is 0. The smallest absolute Gasteiger partial charge is 0.281 e. The number of nitrogens with two attached hydrogens (primary N) is 1. The van der Waals surface area contributed by atoms with Crippen LogP contribution in [0.3, 0.4) is 0 Å². The minimum Gasteiger partial charge on any atom is -0.334 e. The molecule has 0 unspecified atom stereocenters. The SMILES string of the molecule is Nn1c(-c2ccc(Cl)cc2)nc2sc3c(c2c1=O)CCCC3. The molecule has 0 amide bonds. The van der Waals surface area contributed by atoms with E-state index in [2.05, 4.69) is 4.98 Å². The van der Waals surface area contributed by atoms with E-state index in [0.29, 0.717) is 16.2 Å². The van der Waals surface area contributed by atoms with Gasteiger partial charge >= 0.3 is 0 Å². The highest BCUT2D eigenvalue weighted by molar-refractivity contribution is 7.18. The highest BCUT2D eigenvalue weighted by Gasteiger charge is 2.21. The van der Waals surface area contributed by atoms with E-state index in [1.54, 1.807) is 23.5 Å². The van der Waals surface area contributed by atoms with Crippen LogP contribution in [0.1, 0.15) is 23.3 Å². The fourth-order valence-electron chi connectivity index (χ4n) is 3.02. The number of halogens is 1. The molecular weight excluding hydrogens is 318 g/mol. The number of thiophene rings is 1. The molecule has 1 aliphatic rings. The molecule has 0 atom stereocenters. The summed E-state index contributed by atoms with van der Waals surface area (Å²) in [5.74, 6) is 6.50. The van der Waals surface area contributed by atoms with Gasteiger partial charge in [-0.2, -0.15) is 0 Å². The first-order valence-electron chi connectivity index (χ1n) is 7.23. The van der Waals surface area contributed by atoms with Crippen LogP contribution in [0.2, 0.25) is 5.02 Å². The van der Waals surface area contributed by atoms with Gasteiger partial charge in [0.25, 0.3) is 5.56 Å². The first-order valence-corrected chi connectivity index (χ1v) is 8.43. The van der Waals surface area contributed by atoms with Crippen LogP contribution < -0.4 is 11.4 Å². The van der Waals surface area contributed by atoms with Crippen molar-refractivity contribution in [3.8, 4) is 11.4 Å². The molecule has 3 aromatic rings. The molecule has 1 aromatic carbocycles. The second kappa shape index (κ2) is 5.11. The maximum absolute atomic E-state index is 12.7. The molecule has 112 valence electrons. The summed E-state index contributed by atoms with van der Waals surface area (Å²) in [5, 5.41) is 1.35. The van der Waals surface area contributed by atoms with Crippen molar-refractivity contribution in [1.82, 2.24) is 9.66 Å². The lowest BCUT2D eigenvalue weighted by molar-refractivity contribution is 0.699. The quantitative estimate of drug-likeness (QED) is 0.695. The predicted molar refractivity (Wildman–Crippen MR) is 91.1 cm³/mol. The lowest BCUT2D eigenvalue weighted by Gasteiger charge is -2.11. The summed E-state index contributed by atoms with van der Waals surface area (Å²) in [6, 6.07) is 7.19. The number of hydrogen-bond donors (Lipinski definition) is 1. The molecule has 2 N–H and O–H groups in total. The highest BCUT2D eigenvalue weighted by Crippen LogP contribution is 2.34. The molecule has 0 saturated carbocycles. The van der Waals surface area contributed by atoms with Gasteiger partial charge in [-0.1, -0.05) is 11.6 Å². The van der Waals surface area contributed by atoms with Gasteiger partial charge in [-0.25, -0.2) is 9.66 Å². The molecule has 0 bridgehead atoms. The normalized spacial score (nSPS) is 14.2. The molecule has 22 heavy (non-hydrogen) atoms. The summed E-state index contributed by atoms with van der Waals surface area (Å²) < 4.78 is 1.16. The third kappa shape index (κ3) is 2.04. The fourth-order valence-corrected chi connectivity index (χ4v) is 4.40. The van der Waals surface area contributed by atoms with Crippen LogP contribution in [0.4, 0.5) is 0 Å². The third-order valence-corrected chi connectivity index (χ3v) is 5.56. The maximum atomic E-state index is 12.7. The molecule has 6 heteroatoms. The van der Waals surface area contributed by atoms with Crippen molar-refractivity contribution in [2.45, 2.75) is 25.7 Å². The Morgan fingerprint density at radius 3 is 2.68 bits per heavy atom. The minimum atomic E-state index is -0.158. The number of benzene rings is 1. The number of fused-ring (bicyclic) bond motifs is 3. The zero-order chi connectivity index (χ0) is 15.3. The van der Waals surface area contributed by atoms with Gasteiger partial charge in [0.2, 0.25) is 0 Å². The number of aryl methyl sites for hydroxylation is 2. The van der Waals surface area contributed by atoms with Crippen molar-refractivity contribution in [2.24, 2.45) is 0 Å². The van der Waals surface area contributed by atoms with Gasteiger partial charge in [0, 0.05) is 15.5 Å². The maximum Gasteiger partial charge on any atom is 0.281 e. The van der Waals surface area contributed by atoms with Gasteiger partial charge in [0.15, 0.2) is 5.82 Å². The van der Waals surface area contributed by atoms with Gasteiger partial charge in [-0.05, 0) is 55.5 Å². The Kier molecular flexibility index (Phi) is 3.20. The Morgan fingerprint density at radius 1 is 1.18 bits per heavy atom. The topological polar surface area (TPSA) is 60.9 Å². The number of hydrogen-bond acceptors (Lipinski definition) is 4. The summed E-state index contributed by atoms with van der Waals surface area (Å²) in [6.07, 6.45) is 4.30. The van der Waals surface area contributed by atoms with Crippen molar-refractivity contribution in [3.63, 3.8) is 0 Å². The summed E-state index contributed by atoms with van der Waals surface area (Å²) in [5.41, 5.74) is 1.79. The van der Waals surface area contributed by atoms with Gasteiger partial charge in [0.05, 0.1) is 5.39 Å². The number of nitrogens with zero attached hydrogens (tertiary/aromatic N) is 2. The van der Waals surface area contributed by atoms with Gasteiger partial charge in [-0.15, -0.1) is 11.3 Å². The van der Waals surface area contributed by atoms with Crippen LogP contribution in [0, 0.1) is 0 Å². The van der Waals surface area contributed by atoms with Gasteiger partial charge in [0.1, 0.15) is 4.83 Å². The zero-order valence-electron chi connectivity index (χ0n) is 11.8. The van der Waals surface area contributed by atoms with E-state index in [1.165, 1.54) is 11.3 Å². The van der Waals surface area contributed by atoms with Gasteiger partial charge < -0.3 is 5.84 Å². The Balaban J connectivity index is 2.00. The highest BCUT2D eigenvalue weighted by atomic mass is 35.5. The molecule has 2 heterocycles. The van der Waals surface area contributed by atoms with Crippen LogP contribution in [-0.2, 0) is 12.8 Å². The zero-order valence-corrected chi connectivity index (χ0v) is 13.4. The lowest BCUT2D eigenvalue weighted by atomic mass is 9.97. The van der Waals surface area contributed by atoms with Crippen LogP contribution >= 0.6 is 22.9 Å². The first kappa shape index (κ1) is 13.8. The molecule has 2 aromatic heterocycles. The van der Waals surface area contributed by atoms with E-state index in [4.69, 9.17) is 17.4 Å². The van der Waals surface area contributed by atoms with E-state index in [0.717, 1.165) is 39.9 Å². The number of aromatic nitrogens is 2. The molecular formula is C16H14ClN3OS. The van der Waals surface area contributed by atoms with Crippen LogP contribution in [0.15, 0.2) is 29.1 Å². The average molecular weight is 332 g/mol. The summed E-state index contributed by atoms with van der Waals surface area (Å²) in [6.45, 7) is 0. The predicted octanol–water partition coefficient (Wildman–Crippen LogP) is 3.37. The standard InChI is InChI=1S/C16H14ClN3OS/c17-10-7-5-9(6-8-10)14-19-15-13(16(21)20(14)18)11-3-1-2-4-12(11)22-15/h5-8H,1-4,18H2. The van der Waals surface area contributed by atoms with Crippen LogP contribution in [0.5, 0.6) is 0 Å². The van der Waals surface area contributed by atoms with Crippen LogP contribution in [-0.4, -0.2) is 9.66 Å². The first-order chi connectivity index (χ1) is 10.6. The molecule has 0 spiro atoms. The molecule has 4 rings (SSSR count). The second-order valence-electron chi connectivity index (χ2n) is 5.51. The average Bonchev–Trinajstić information content (AvgIpc) is 2.90. The molecule has 0 radical (unpaired) electrons. The van der Waals surface area contributed by atoms with Crippen molar-refractivity contribution < 1.29 is 0 Å². The second-order valence-corrected chi connectivity index (χ2v) is 7.03. The molecule has 0 fully saturated rings. The Hall–Kier alpha value is -1.85. The number of nitrogen functional groups attached to an aromatic ring is 1. The van der Waals surface area contributed by atoms with E-state index in [9.17, 15) is 4.79 Å². The minimum absolute atomic E-state index is 0.158. The Labute approximate surface area is 136 Å². The molecule has 1 aliphatic carbocycles. The summed E-state index contributed by atoms with van der Waals surface area (Å²) >= 11 is 7.54. The molecule has 4 nitrogen and oxygen atoms in total. The van der Waals surface area contributed by atoms with E-state index in [1.807, 2.05) is 12.1 Å². The van der Waals surface area contributed by atoms with Gasteiger partial charge in [-0.3, -0.25) is 4.79 Å². The number of rotatable bonds is 1. The Bertz CT molecular complexity index is 927. The van der Waals surface area contributed by atoms with E-state index >= 15 is 0 Å². The van der Waals surface area contributed by atoms with Crippen molar-refractivity contribution in [1.29, 1.82) is 0 Å². The van der Waals surface area contributed by atoms with Crippen molar-refractivity contribution in [2.75, 3.05) is 5.84 Å². The monoisotopic (exact) mass is 331 g/mol. The molecule has 0 saturated heterocycles. The molecule has 0 aliphatic heterocycles.